The van der Waals surface area contributed by atoms with Gasteiger partial charge in [0.05, 0.1) is 23.9 Å². The summed E-state index contributed by atoms with van der Waals surface area (Å²) in [5, 5.41) is 3.73. The fourth-order valence-corrected chi connectivity index (χ4v) is 8.91. The molecular formula is C17H21NO6S3. The maximum absolute atomic E-state index is 12.8. The SMILES string of the molecule is COc1ccc(OCCNC2CS(=O)(=O)CC2S(=O)(=O)c2cccs2)cc1. The number of nitrogens with one attached hydrogen (secondary N) is 1. The van der Waals surface area contributed by atoms with E-state index in [1.165, 1.54) is 6.07 Å². The third-order valence-electron chi connectivity index (χ3n) is 4.31. The average molecular weight is 432 g/mol. The molecule has 2 unspecified atom stereocenters. The summed E-state index contributed by atoms with van der Waals surface area (Å²) in [5.41, 5.74) is 0. The molecule has 0 bridgehead atoms. The average Bonchev–Trinajstić information content (AvgIpc) is 3.27. The Balaban J connectivity index is 1.60. The molecule has 1 aromatic carbocycles. The van der Waals surface area contributed by atoms with Gasteiger partial charge < -0.3 is 14.8 Å². The molecule has 10 heteroatoms. The largest absolute Gasteiger partial charge is 0.497 e. The van der Waals surface area contributed by atoms with E-state index >= 15 is 0 Å². The highest BCUT2D eigenvalue weighted by molar-refractivity contribution is 7.97. The van der Waals surface area contributed by atoms with E-state index < -0.39 is 31.0 Å². The van der Waals surface area contributed by atoms with E-state index in [0.29, 0.717) is 12.3 Å². The third kappa shape index (κ3) is 4.81. The second-order valence-electron chi connectivity index (χ2n) is 6.18. The predicted molar refractivity (Wildman–Crippen MR) is 104 cm³/mol. The van der Waals surface area contributed by atoms with Crippen molar-refractivity contribution in [3.63, 3.8) is 0 Å². The Hall–Kier alpha value is -1.62. The molecule has 1 aliphatic rings. The number of thiophene rings is 1. The number of hydrogen-bond acceptors (Lipinski definition) is 8. The van der Waals surface area contributed by atoms with E-state index in [1.54, 1.807) is 42.8 Å². The quantitative estimate of drug-likeness (QED) is 0.630. The molecule has 1 saturated heterocycles. The topological polar surface area (TPSA) is 98.8 Å². The summed E-state index contributed by atoms with van der Waals surface area (Å²) in [5.74, 6) is 0.826. The minimum absolute atomic E-state index is 0.190. The van der Waals surface area contributed by atoms with Crippen LogP contribution in [0.5, 0.6) is 11.5 Å². The number of rotatable bonds is 8. The lowest BCUT2D eigenvalue weighted by Gasteiger charge is -2.19. The van der Waals surface area contributed by atoms with Crippen molar-refractivity contribution in [3.05, 3.63) is 41.8 Å². The van der Waals surface area contributed by atoms with E-state index in [-0.39, 0.29) is 22.3 Å². The van der Waals surface area contributed by atoms with E-state index in [9.17, 15) is 16.8 Å². The predicted octanol–water partition coefficient (Wildman–Crippen LogP) is 1.36. The van der Waals surface area contributed by atoms with Crippen molar-refractivity contribution >= 4 is 31.0 Å². The normalized spacial score (nSPS) is 21.8. The maximum Gasteiger partial charge on any atom is 0.193 e. The summed E-state index contributed by atoms with van der Waals surface area (Å²) in [6.07, 6.45) is 0. The van der Waals surface area contributed by atoms with Gasteiger partial charge in [-0.3, -0.25) is 0 Å². The molecular weight excluding hydrogens is 410 g/mol. The molecule has 148 valence electrons. The highest BCUT2D eigenvalue weighted by Crippen LogP contribution is 2.28. The van der Waals surface area contributed by atoms with Gasteiger partial charge in [-0.1, -0.05) is 6.07 Å². The molecule has 2 heterocycles. The van der Waals surface area contributed by atoms with Crippen LogP contribution in [0.1, 0.15) is 0 Å². The molecule has 0 saturated carbocycles. The summed E-state index contributed by atoms with van der Waals surface area (Å²) in [7, 11) is -5.52. The summed E-state index contributed by atoms with van der Waals surface area (Å²) < 4.78 is 60.5. The third-order valence-corrected chi connectivity index (χ3v) is 9.89. The van der Waals surface area contributed by atoms with Crippen LogP contribution >= 0.6 is 11.3 Å². The molecule has 1 fully saturated rings. The summed E-state index contributed by atoms with van der Waals surface area (Å²) >= 11 is 1.10. The number of hydrogen-bond donors (Lipinski definition) is 1. The van der Waals surface area contributed by atoms with Crippen molar-refractivity contribution in [3.8, 4) is 11.5 Å². The molecule has 0 aliphatic carbocycles. The van der Waals surface area contributed by atoms with E-state index in [1.807, 2.05) is 0 Å². The van der Waals surface area contributed by atoms with Gasteiger partial charge in [-0.15, -0.1) is 11.3 Å². The van der Waals surface area contributed by atoms with Crippen LogP contribution in [0.3, 0.4) is 0 Å². The van der Waals surface area contributed by atoms with E-state index in [0.717, 1.165) is 17.1 Å². The second-order valence-corrected chi connectivity index (χ2v) is 11.7. The van der Waals surface area contributed by atoms with E-state index in [4.69, 9.17) is 9.47 Å². The summed E-state index contributed by atoms with van der Waals surface area (Å²) in [6.45, 7) is 0.622. The van der Waals surface area contributed by atoms with Gasteiger partial charge in [-0.05, 0) is 35.7 Å². The Morgan fingerprint density at radius 1 is 1.15 bits per heavy atom. The number of benzene rings is 1. The summed E-state index contributed by atoms with van der Waals surface area (Å²) in [6, 6.07) is 9.58. The first-order valence-electron chi connectivity index (χ1n) is 8.30. The van der Waals surface area contributed by atoms with Crippen LogP contribution in [0.25, 0.3) is 0 Å². The molecule has 0 spiro atoms. The fourth-order valence-electron chi connectivity index (χ4n) is 2.97. The second kappa shape index (κ2) is 8.17. The molecule has 1 N–H and O–H groups in total. The van der Waals surface area contributed by atoms with Crippen molar-refractivity contribution in [1.29, 1.82) is 0 Å². The van der Waals surface area contributed by atoms with Gasteiger partial charge in [-0.25, -0.2) is 16.8 Å². The summed E-state index contributed by atoms with van der Waals surface area (Å²) in [4.78, 5) is 0. The lowest BCUT2D eigenvalue weighted by Crippen LogP contribution is -2.44. The smallest absolute Gasteiger partial charge is 0.193 e. The first kappa shape index (κ1) is 20.1. The lowest BCUT2D eigenvalue weighted by molar-refractivity contribution is 0.307. The standard InChI is InChI=1S/C17H21NO6S3/c1-23-13-4-6-14(7-5-13)24-9-8-18-15-11-26(19,20)12-16(15)27(21,22)17-3-2-10-25-17/h2-7,10,15-16,18H,8-9,11-12H2,1H3. The Morgan fingerprint density at radius 2 is 1.85 bits per heavy atom. The van der Waals surface area contributed by atoms with Gasteiger partial charge in [0.15, 0.2) is 19.7 Å². The van der Waals surface area contributed by atoms with Gasteiger partial charge in [-0.2, -0.15) is 0 Å². The number of sulfone groups is 2. The lowest BCUT2D eigenvalue weighted by atomic mass is 10.2. The van der Waals surface area contributed by atoms with E-state index in [2.05, 4.69) is 5.32 Å². The molecule has 1 aliphatic heterocycles. The highest BCUT2D eigenvalue weighted by Gasteiger charge is 2.45. The fraction of sp³-hybridized carbons (Fsp3) is 0.412. The Kier molecular flexibility index (Phi) is 6.09. The van der Waals surface area contributed by atoms with Crippen molar-refractivity contribution < 1.29 is 26.3 Å². The molecule has 0 amide bonds. The van der Waals surface area contributed by atoms with Crippen LogP contribution in [-0.4, -0.2) is 59.9 Å². The Morgan fingerprint density at radius 3 is 2.48 bits per heavy atom. The highest BCUT2D eigenvalue weighted by atomic mass is 32.2. The molecule has 0 radical (unpaired) electrons. The molecule has 3 rings (SSSR count). The van der Waals surface area contributed by atoms with Gasteiger partial charge in [0.25, 0.3) is 0 Å². The minimum Gasteiger partial charge on any atom is -0.497 e. The molecule has 2 aromatic rings. The van der Waals surface area contributed by atoms with Gasteiger partial charge >= 0.3 is 0 Å². The molecule has 2 atom stereocenters. The van der Waals surface area contributed by atoms with Crippen LogP contribution in [0, 0.1) is 0 Å². The molecule has 1 aromatic heterocycles. The first-order chi connectivity index (χ1) is 12.8. The Labute approximate surface area is 163 Å². The maximum atomic E-state index is 12.8. The van der Waals surface area contributed by atoms with Crippen molar-refractivity contribution in [2.24, 2.45) is 0 Å². The van der Waals surface area contributed by atoms with Crippen LogP contribution in [0.2, 0.25) is 0 Å². The Bertz CT molecular complexity index is 953. The van der Waals surface area contributed by atoms with Crippen LogP contribution in [0.15, 0.2) is 46.0 Å². The molecule has 7 nitrogen and oxygen atoms in total. The zero-order valence-corrected chi connectivity index (χ0v) is 17.1. The monoisotopic (exact) mass is 431 g/mol. The molecule has 27 heavy (non-hydrogen) atoms. The van der Waals surface area contributed by atoms with Crippen molar-refractivity contribution in [2.75, 3.05) is 31.8 Å². The number of ether oxygens (including phenoxy) is 2. The minimum atomic E-state index is -3.69. The van der Waals surface area contributed by atoms with Crippen LogP contribution < -0.4 is 14.8 Å². The van der Waals surface area contributed by atoms with Crippen molar-refractivity contribution in [2.45, 2.75) is 15.5 Å². The first-order valence-corrected chi connectivity index (χ1v) is 12.5. The zero-order valence-electron chi connectivity index (χ0n) is 14.7. The van der Waals surface area contributed by atoms with Crippen LogP contribution in [-0.2, 0) is 19.7 Å². The number of methoxy groups -OCH3 is 1. The van der Waals surface area contributed by atoms with Crippen LogP contribution in [0.4, 0.5) is 0 Å². The van der Waals surface area contributed by atoms with Gasteiger partial charge in [0.2, 0.25) is 0 Å². The van der Waals surface area contributed by atoms with Gasteiger partial charge in [0.1, 0.15) is 22.3 Å². The van der Waals surface area contributed by atoms with Gasteiger partial charge in [0, 0.05) is 12.6 Å². The van der Waals surface area contributed by atoms with Crippen molar-refractivity contribution in [1.82, 2.24) is 5.32 Å². The zero-order chi connectivity index (χ0) is 19.5.